The number of tetrazole rings is 1. The SMILES string of the molecule is COc1ccc(-c2nnnn2-c2cc(OC)c(OC)c(OC)c2)cc1C. The number of aryl methyl sites for hydroxylation is 1. The van der Waals surface area contributed by atoms with E-state index in [-0.39, 0.29) is 0 Å². The molecule has 0 atom stereocenters. The van der Waals surface area contributed by atoms with Gasteiger partial charge in [0.05, 0.1) is 34.1 Å². The summed E-state index contributed by atoms with van der Waals surface area (Å²) in [5, 5.41) is 12.1. The van der Waals surface area contributed by atoms with Gasteiger partial charge in [-0.25, -0.2) is 0 Å². The number of rotatable bonds is 6. The predicted octanol–water partition coefficient (Wildman–Crippen LogP) is 2.67. The third-order valence-corrected chi connectivity index (χ3v) is 4.02. The Labute approximate surface area is 151 Å². The van der Waals surface area contributed by atoms with Crippen molar-refractivity contribution in [3.8, 4) is 40.1 Å². The highest BCUT2D eigenvalue weighted by Gasteiger charge is 2.18. The van der Waals surface area contributed by atoms with E-state index in [0.717, 1.165) is 16.9 Å². The highest BCUT2D eigenvalue weighted by molar-refractivity contribution is 5.63. The molecule has 0 radical (unpaired) electrons. The van der Waals surface area contributed by atoms with Crippen molar-refractivity contribution in [2.45, 2.75) is 6.92 Å². The van der Waals surface area contributed by atoms with Crippen LogP contribution >= 0.6 is 0 Å². The molecule has 3 aromatic rings. The molecule has 0 spiro atoms. The van der Waals surface area contributed by atoms with Gasteiger partial charge in [0.15, 0.2) is 17.3 Å². The minimum atomic E-state index is 0.508. The second-order valence-electron chi connectivity index (χ2n) is 5.48. The summed E-state index contributed by atoms with van der Waals surface area (Å²) in [5.41, 5.74) is 2.54. The molecule has 0 amide bonds. The second kappa shape index (κ2) is 7.30. The average Bonchev–Trinajstić information content (AvgIpc) is 3.16. The van der Waals surface area contributed by atoms with E-state index in [1.165, 1.54) is 0 Å². The third kappa shape index (κ3) is 3.01. The van der Waals surface area contributed by atoms with Crippen molar-refractivity contribution in [2.24, 2.45) is 0 Å². The van der Waals surface area contributed by atoms with E-state index in [1.807, 2.05) is 25.1 Å². The molecule has 8 heteroatoms. The summed E-state index contributed by atoms with van der Waals surface area (Å²) in [4.78, 5) is 0. The minimum absolute atomic E-state index is 0.508. The molecular formula is C18H20N4O4. The number of nitrogens with zero attached hydrogens (tertiary/aromatic N) is 4. The summed E-state index contributed by atoms with van der Waals surface area (Å²) in [5.74, 6) is 2.95. The number of methoxy groups -OCH3 is 4. The first-order chi connectivity index (χ1) is 12.6. The monoisotopic (exact) mass is 356 g/mol. The van der Waals surface area contributed by atoms with E-state index < -0.39 is 0 Å². The van der Waals surface area contributed by atoms with Crippen LogP contribution in [0.5, 0.6) is 23.0 Å². The Morgan fingerprint density at radius 2 is 1.46 bits per heavy atom. The molecule has 0 saturated heterocycles. The minimum Gasteiger partial charge on any atom is -0.496 e. The summed E-state index contributed by atoms with van der Waals surface area (Å²) >= 11 is 0. The third-order valence-electron chi connectivity index (χ3n) is 4.02. The molecule has 0 fully saturated rings. The molecule has 0 aliphatic rings. The smallest absolute Gasteiger partial charge is 0.203 e. The highest BCUT2D eigenvalue weighted by Crippen LogP contribution is 2.39. The van der Waals surface area contributed by atoms with Gasteiger partial charge < -0.3 is 18.9 Å². The Morgan fingerprint density at radius 1 is 0.808 bits per heavy atom. The topological polar surface area (TPSA) is 80.5 Å². The van der Waals surface area contributed by atoms with Gasteiger partial charge in [0.25, 0.3) is 0 Å². The fourth-order valence-corrected chi connectivity index (χ4v) is 2.75. The van der Waals surface area contributed by atoms with Crippen LogP contribution in [0, 0.1) is 6.92 Å². The van der Waals surface area contributed by atoms with Gasteiger partial charge in [0, 0.05) is 17.7 Å². The molecule has 1 aromatic heterocycles. The lowest BCUT2D eigenvalue weighted by molar-refractivity contribution is 0.324. The number of aromatic nitrogens is 4. The van der Waals surface area contributed by atoms with Gasteiger partial charge in [0.1, 0.15) is 5.75 Å². The van der Waals surface area contributed by atoms with Crippen molar-refractivity contribution in [2.75, 3.05) is 28.4 Å². The zero-order valence-electron chi connectivity index (χ0n) is 15.3. The van der Waals surface area contributed by atoms with Crippen molar-refractivity contribution >= 4 is 0 Å². The first-order valence-electron chi connectivity index (χ1n) is 7.86. The molecule has 0 unspecified atom stereocenters. The van der Waals surface area contributed by atoms with Gasteiger partial charge in [-0.3, -0.25) is 0 Å². The Hall–Kier alpha value is -3.29. The maximum absolute atomic E-state index is 5.41. The van der Waals surface area contributed by atoms with Crippen LogP contribution < -0.4 is 18.9 Å². The van der Waals surface area contributed by atoms with Crippen molar-refractivity contribution in [1.29, 1.82) is 0 Å². The molecule has 0 saturated carbocycles. The molecular weight excluding hydrogens is 336 g/mol. The van der Waals surface area contributed by atoms with Crippen LogP contribution in [-0.4, -0.2) is 48.6 Å². The van der Waals surface area contributed by atoms with E-state index in [4.69, 9.17) is 18.9 Å². The standard InChI is InChI=1S/C18H20N4O4/c1-11-8-12(6-7-14(11)23-2)18-19-20-21-22(18)13-9-15(24-3)17(26-5)16(10-13)25-4/h6-10H,1-5H3. The van der Waals surface area contributed by atoms with Crippen LogP contribution in [0.25, 0.3) is 17.1 Å². The van der Waals surface area contributed by atoms with Crippen LogP contribution in [0.15, 0.2) is 30.3 Å². The zero-order valence-corrected chi connectivity index (χ0v) is 15.3. The maximum Gasteiger partial charge on any atom is 0.203 e. The van der Waals surface area contributed by atoms with Crippen LogP contribution in [0.3, 0.4) is 0 Å². The molecule has 26 heavy (non-hydrogen) atoms. The quantitative estimate of drug-likeness (QED) is 0.672. The summed E-state index contributed by atoms with van der Waals surface area (Å²) in [6, 6.07) is 9.35. The van der Waals surface area contributed by atoms with Gasteiger partial charge >= 0.3 is 0 Å². The molecule has 8 nitrogen and oxygen atoms in total. The largest absolute Gasteiger partial charge is 0.496 e. The summed E-state index contributed by atoms with van der Waals surface area (Å²) in [6.45, 7) is 1.97. The summed E-state index contributed by atoms with van der Waals surface area (Å²) in [6.07, 6.45) is 0. The van der Waals surface area contributed by atoms with Gasteiger partial charge in [-0.05, 0) is 41.1 Å². The van der Waals surface area contributed by atoms with E-state index in [9.17, 15) is 0 Å². The molecule has 3 rings (SSSR count). The lowest BCUT2D eigenvalue weighted by Crippen LogP contribution is -2.03. The average molecular weight is 356 g/mol. The van der Waals surface area contributed by atoms with Crippen LogP contribution in [0.4, 0.5) is 0 Å². The Morgan fingerprint density at radius 3 is 2.00 bits per heavy atom. The molecule has 1 heterocycles. The number of ether oxygens (including phenoxy) is 4. The molecule has 136 valence electrons. The second-order valence-corrected chi connectivity index (χ2v) is 5.48. The first kappa shape index (κ1) is 17.5. The Kier molecular flexibility index (Phi) is 4.92. The molecule has 0 aliphatic heterocycles. The van der Waals surface area contributed by atoms with E-state index in [1.54, 1.807) is 45.3 Å². The highest BCUT2D eigenvalue weighted by atomic mass is 16.5. The molecule has 2 aromatic carbocycles. The van der Waals surface area contributed by atoms with Crippen LogP contribution in [0.1, 0.15) is 5.56 Å². The van der Waals surface area contributed by atoms with Gasteiger partial charge in [0.2, 0.25) is 5.75 Å². The first-order valence-corrected chi connectivity index (χ1v) is 7.86. The summed E-state index contributed by atoms with van der Waals surface area (Å²) < 4.78 is 23.1. The molecule has 0 aliphatic carbocycles. The number of hydrogen-bond donors (Lipinski definition) is 0. The van der Waals surface area contributed by atoms with Crippen LogP contribution in [-0.2, 0) is 0 Å². The lowest BCUT2D eigenvalue weighted by atomic mass is 10.1. The maximum atomic E-state index is 5.41. The number of benzene rings is 2. The van der Waals surface area contributed by atoms with E-state index >= 15 is 0 Å². The van der Waals surface area contributed by atoms with Crippen molar-refractivity contribution in [3.63, 3.8) is 0 Å². The van der Waals surface area contributed by atoms with Gasteiger partial charge in [-0.2, -0.15) is 4.68 Å². The Balaban J connectivity index is 2.13. The molecule has 0 N–H and O–H groups in total. The zero-order chi connectivity index (χ0) is 18.7. The van der Waals surface area contributed by atoms with E-state index in [0.29, 0.717) is 28.8 Å². The lowest BCUT2D eigenvalue weighted by Gasteiger charge is -2.14. The Bertz CT molecular complexity index is 898. The fourth-order valence-electron chi connectivity index (χ4n) is 2.75. The van der Waals surface area contributed by atoms with Crippen molar-refractivity contribution < 1.29 is 18.9 Å². The van der Waals surface area contributed by atoms with Crippen LogP contribution in [0.2, 0.25) is 0 Å². The molecule has 0 bridgehead atoms. The number of hydrogen-bond acceptors (Lipinski definition) is 7. The predicted molar refractivity (Wildman–Crippen MR) is 95.5 cm³/mol. The normalized spacial score (nSPS) is 10.5. The van der Waals surface area contributed by atoms with Gasteiger partial charge in [-0.15, -0.1) is 5.10 Å². The fraction of sp³-hybridized carbons (Fsp3) is 0.278. The van der Waals surface area contributed by atoms with Crippen molar-refractivity contribution in [3.05, 3.63) is 35.9 Å². The van der Waals surface area contributed by atoms with E-state index in [2.05, 4.69) is 15.5 Å². The van der Waals surface area contributed by atoms with Gasteiger partial charge in [-0.1, -0.05) is 0 Å². The summed E-state index contributed by atoms with van der Waals surface area (Å²) in [7, 11) is 6.33. The van der Waals surface area contributed by atoms with Crippen molar-refractivity contribution in [1.82, 2.24) is 20.2 Å².